The second-order valence-corrected chi connectivity index (χ2v) is 27.4. The van der Waals surface area contributed by atoms with E-state index in [1.807, 2.05) is 6.92 Å². The zero-order chi connectivity index (χ0) is 62.3. The van der Waals surface area contributed by atoms with Gasteiger partial charge in [-0.3, -0.25) is 0 Å². The topological polar surface area (TPSA) is 434 Å². The van der Waals surface area contributed by atoms with Crippen molar-refractivity contribution in [3.63, 3.8) is 0 Å². The Labute approximate surface area is 500 Å². The van der Waals surface area contributed by atoms with Gasteiger partial charge in [-0.05, 0) is 104 Å². The van der Waals surface area contributed by atoms with E-state index >= 15 is 0 Å². The zero-order valence-corrected chi connectivity index (χ0v) is 49.8. The molecule has 28 heteroatoms. The average Bonchev–Trinajstić information content (AvgIpc) is 1.53. The Morgan fingerprint density at radius 1 is 0.523 bits per heavy atom. The van der Waals surface area contributed by atoms with Gasteiger partial charge in [0.2, 0.25) is 0 Å². The van der Waals surface area contributed by atoms with Gasteiger partial charge in [0, 0.05) is 19.4 Å². The molecule has 10 aliphatic rings. The molecular formula is C58H98O28. The molecule has 16 N–H and O–H groups in total. The standard InChI is InChI=1S/C58H98O28/c1-23(21-76-50-44(72)40(68)37(65)31(17-59)79-50)9-14-58(75-6)24(2)35-30(86-58)16-57(5)28-8-7-25-15-26(10-12-55(25,3)27(28)11-13-56(35,57)4)78-52-46(74)42(70)47(34(20-62)82-52)83-54-49(85-53-45(73)41(69)38(66)32(18-60)80-53)48(39(67)33(19-61)81-54)84-51-43(71)36(64)29(63)22-77-51/h23-54,59-74H,7-22H2,1-6H3/t23?,24-,25?,26?,27?,28?,29+,30?,31-,32+,33+,34+,35?,36-,37-,38+,39+,40+,41-,42+,43+,44-,45+,46+,47+,48-,49+,50-,51?,52+,53-,54-,55?,56?,57-,58+/m0/s1. The third kappa shape index (κ3) is 11.9. The fourth-order valence-corrected chi connectivity index (χ4v) is 17.6. The first-order chi connectivity index (χ1) is 40.7. The van der Waals surface area contributed by atoms with Gasteiger partial charge in [0.15, 0.2) is 37.2 Å². The van der Waals surface area contributed by atoms with Crippen molar-refractivity contribution in [3.8, 4) is 0 Å². The number of fused-ring (bicyclic) bond motifs is 7. The van der Waals surface area contributed by atoms with Gasteiger partial charge in [0.1, 0.15) is 116 Å². The Kier molecular flexibility index (Phi) is 21.0. The van der Waals surface area contributed by atoms with E-state index in [1.165, 1.54) is 0 Å². The van der Waals surface area contributed by atoms with Gasteiger partial charge in [-0.1, -0.05) is 34.6 Å². The summed E-state index contributed by atoms with van der Waals surface area (Å²) < 4.78 is 73.0. The molecule has 0 aromatic rings. The van der Waals surface area contributed by atoms with Crippen LogP contribution >= 0.6 is 0 Å². The SMILES string of the molecule is CO[C@]1(CCC(C)CO[C@H]2O[C@@H](CO)[C@H](O)[C@@H](O)[C@@H]2O)OC2C[C@@]3(C)C4CCC5CC(O[C@@H]6O[C@H](CO)[C@@H](O[C@@H]7O[C@H](CO)[C@@H](O)[C@H](OC8OC[C@@H](O)[C@H](O)[C@H]8O)[C@H]7O[C@@H]7O[C@H](CO)[C@@H](O)[C@H](O)[C@H]7O)[C@H](O)[C@H]6O)CCC5(C)C4CCC3(C)C2[C@@H]1C. The van der Waals surface area contributed by atoms with Crippen molar-refractivity contribution in [1.82, 2.24) is 0 Å². The van der Waals surface area contributed by atoms with Crippen molar-refractivity contribution in [1.29, 1.82) is 0 Å². The summed E-state index contributed by atoms with van der Waals surface area (Å²) in [5.74, 6) is 0.599. The Bertz CT molecular complexity index is 2210. The summed E-state index contributed by atoms with van der Waals surface area (Å²) in [5.41, 5.74) is -0.0946. The van der Waals surface area contributed by atoms with E-state index in [4.69, 9.17) is 56.8 Å². The molecule has 6 saturated heterocycles. The van der Waals surface area contributed by atoms with Gasteiger partial charge in [-0.25, -0.2) is 0 Å². The molecule has 4 saturated carbocycles. The molecule has 36 atom stereocenters. The van der Waals surface area contributed by atoms with Crippen LogP contribution in [0.5, 0.6) is 0 Å². The molecule has 86 heavy (non-hydrogen) atoms. The number of aliphatic hydroxyl groups excluding tert-OH is 16. The van der Waals surface area contributed by atoms with Crippen molar-refractivity contribution in [3.05, 3.63) is 0 Å². The molecule has 4 aliphatic carbocycles. The van der Waals surface area contributed by atoms with Gasteiger partial charge in [-0.15, -0.1) is 0 Å². The summed E-state index contributed by atoms with van der Waals surface area (Å²) in [5, 5.41) is 171. The van der Waals surface area contributed by atoms with E-state index in [9.17, 15) is 81.7 Å². The summed E-state index contributed by atoms with van der Waals surface area (Å²) >= 11 is 0. The highest BCUT2D eigenvalue weighted by Crippen LogP contribution is 2.76. The lowest BCUT2D eigenvalue weighted by Crippen LogP contribution is -2.68. The molecule has 0 aromatic carbocycles. The van der Waals surface area contributed by atoms with Crippen LogP contribution in [-0.4, -0.2) is 294 Å². The minimum Gasteiger partial charge on any atom is -0.394 e. The molecule has 10 rings (SSSR count). The van der Waals surface area contributed by atoms with Crippen molar-refractivity contribution >= 4 is 0 Å². The van der Waals surface area contributed by atoms with Crippen molar-refractivity contribution in [2.75, 3.05) is 46.8 Å². The highest BCUT2D eigenvalue weighted by molar-refractivity contribution is 5.20. The van der Waals surface area contributed by atoms with Gasteiger partial charge in [0.25, 0.3) is 0 Å². The van der Waals surface area contributed by atoms with Gasteiger partial charge >= 0.3 is 0 Å². The zero-order valence-electron chi connectivity index (χ0n) is 49.8. The van der Waals surface area contributed by atoms with Gasteiger partial charge in [-0.2, -0.15) is 0 Å². The molecule has 0 aromatic heterocycles. The number of methoxy groups -OCH3 is 1. The van der Waals surface area contributed by atoms with Crippen LogP contribution in [0.25, 0.3) is 0 Å². The predicted octanol–water partition coefficient (Wildman–Crippen LogP) is -4.45. The number of hydrogen-bond donors (Lipinski definition) is 16. The maximum absolute atomic E-state index is 11.9. The first-order valence-corrected chi connectivity index (χ1v) is 31.0. The number of hydrogen-bond acceptors (Lipinski definition) is 28. The highest BCUT2D eigenvalue weighted by Gasteiger charge is 2.73. The third-order valence-electron chi connectivity index (χ3n) is 22.9. The molecule has 10 fully saturated rings. The van der Waals surface area contributed by atoms with Gasteiger partial charge < -0.3 is 139 Å². The maximum atomic E-state index is 11.9. The first kappa shape index (κ1) is 67.8. The number of rotatable bonds is 19. The quantitative estimate of drug-likeness (QED) is 0.0543. The lowest BCUT2D eigenvalue weighted by Gasteiger charge is -2.65. The molecule has 28 nitrogen and oxygen atoms in total. The Hall–Kier alpha value is -1.12. The largest absolute Gasteiger partial charge is 0.394 e. The van der Waals surface area contributed by atoms with Crippen LogP contribution in [0, 0.1) is 51.8 Å². The first-order valence-electron chi connectivity index (χ1n) is 31.0. The fourth-order valence-electron chi connectivity index (χ4n) is 17.6. The number of aliphatic hydroxyl groups is 16. The van der Waals surface area contributed by atoms with Crippen molar-refractivity contribution < 1.29 is 139 Å². The predicted molar refractivity (Wildman–Crippen MR) is 288 cm³/mol. The highest BCUT2D eigenvalue weighted by atomic mass is 16.8. The van der Waals surface area contributed by atoms with Crippen LogP contribution in [-0.2, 0) is 56.8 Å². The lowest BCUT2D eigenvalue weighted by molar-refractivity contribution is -0.404. The summed E-state index contributed by atoms with van der Waals surface area (Å²) in [6, 6.07) is 0. The average molecular weight is 1240 g/mol. The third-order valence-corrected chi connectivity index (χ3v) is 22.9. The Balaban J connectivity index is 0.774. The van der Waals surface area contributed by atoms with Crippen LogP contribution in [0.3, 0.4) is 0 Å². The van der Waals surface area contributed by atoms with Crippen LogP contribution in [0.2, 0.25) is 0 Å². The van der Waals surface area contributed by atoms with Crippen molar-refractivity contribution in [2.45, 2.75) is 264 Å². The molecule has 498 valence electrons. The Morgan fingerprint density at radius 3 is 1.73 bits per heavy atom. The van der Waals surface area contributed by atoms with Crippen LogP contribution in [0.4, 0.5) is 0 Å². The van der Waals surface area contributed by atoms with E-state index in [0.29, 0.717) is 37.5 Å². The smallest absolute Gasteiger partial charge is 0.187 e. The minimum atomic E-state index is -2.02. The van der Waals surface area contributed by atoms with Crippen LogP contribution in [0.15, 0.2) is 0 Å². The maximum Gasteiger partial charge on any atom is 0.187 e. The van der Waals surface area contributed by atoms with E-state index in [0.717, 1.165) is 38.5 Å². The van der Waals surface area contributed by atoms with E-state index in [-0.39, 0.29) is 52.6 Å². The molecule has 0 amide bonds. The summed E-state index contributed by atoms with van der Waals surface area (Å²) in [6.45, 7) is 8.21. The molecule has 0 spiro atoms. The normalized spacial score (nSPS) is 55.3. The molecule has 0 radical (unpaired) electrons. The summed E-state index contributed by atoms with van der Waals surface area (Å²) in [6.07, 6.45) is -32.3. The minimum absolute atomic E-state index is 0.0133. The second kappa shape index (κ2) is 26.7. The lowest BCUT2D eigenvalue weighted by atomic mass is 9.40. The molecule has 0 bridgehead atoms. The molecule has 6 aliphatic heterocycles. The van der Waals surface area contributed by atoms with E-state index in [2.05, 4.69) is 27.7 Å². The van der Waals surface area contributed by atoms with Crippen molar-refractivity contribution in [2.24, 2.45) is 51.8 Å². The monoisotopic (exact) mass is 1240 g/mol. The van der Waals surface area contributed by atoms with Crippen LogP contribution in [0.1, 0.15) is 98.8 Å². The van der Waals surface area contributed by atoms with E-state index < -0.39 is 192 Å². The molecule has 10 unspecified atom stereocenters. The second-order valence-electron chi connectivity index (χ2n) is 27.4. The molecular weight excluding hydrogens is 1140 g/mol. The van der Waals surface area contributed by atoms with E-state index in [1.54, 1.807) is 7.11 Å². The Morgan fingerprint density at radius 2 is 1.08 bits per heavy atom. The molecule has 6 heterocycles. The van der Waals surface area contributed by atoms with Gasteiger partial charge in [0.05, 0.1) is 51.8 Å². The van der Waals surface area contributed by atoms with Crippen LogP contribution < -0.4 is 0 Å². The number of ether oxygens (including phenoxy) is 12. The summed E-state index contributed by atoms with van der Waals surface area (Å²) in [7, 11) is 1.71. The fraction of sp³-hybridized carbons (Fsp3) is 1.00. The summed E-state index contributed by atoms with van der Waals surface area (Å²) in [4.78, 5) is 0.